The summed E-state index contributed by atoms with van der Waals surface area (Å²) in [5, 5.41) is 0.732. The Labute approximate surface area is 147 Å². The van der Waals surface area contributed by atoms with Crippen LogP contribution in [0.2, 0.25) is 5.02 Å². The molecule has 0 aliphatic carbocycles. The number of nitrogens with zero attached hydrogens (tertiary/aromatic N) is 2. The minimum Gasteiger partial charge on any atom is -0.493 e. The summed E-state index contributed by atoms with van der Waals surface area (Å²) >= 11 is 6.04. The number of ether oxygens (including phenoxy) is 1. The van der Waals surface area contributed by atoms with Crippen molar-refractivity contribution in [1.29, 1.82) is 0 Å². The molecule has 3 rings (SSSR count). The van der Waals surface area contributed by atoms with Gasteiger partial charge in [-0.15, -0.1) is 0 Å². The largest absolute Gasteiger partial charge is 0.493 e. The van der Waals surface area contributed by atoms with Crippen molar-refractivity contribution in [3.63, 3.8) is 0 Å². The van der Waals surface area contributed by atoms with Crippen LogP contribution in [0.25, 0.3) is 17.8 Å². The molecule has 3 aromatic rings. The number of aromatic nitrogens is 2. The molecule has 0 aliphatic rings. The van der Waals surface area contributed by atoms with Crippen molar-refractivity contribution in [2.45, 2.75) is 13.3 Å². The van der Waals surface area contributed by atoms with Crippen molar-refractivity contribution in [2.75, 3.05) is 6.61 Å². The van der Waals surface area contributed by atoms with Crippen LogP contribution in [0.15, 0.2) is 61.2 Å². The predicted molar refractivity (Wildman–Crippen MR) is 99.7 cm³/mol. The Balaban J connectivity index is 1.91. The molecule has 0 atom stereocenters. The minimum atomic E-state index is 0.686. The summed E-state index contributed by atoms with van der Waals surface area (Å²) in [6, 6.07) is 13.9. The lowest BCUT2D eigenvalue weighted by Crippen LogP contribution is -1.99. The van der Waals surface area contributed by atoms with Crippen molar-refractivity contribution in [3.8, 4) is 11.4 Å². The first-order valence-electron chi connectivity index (χ1n) is 7.95. The van der Waals surface area contributed by atoms with Gasteiger partial charge in [0.05, 0.1) is 18.6 Å². The zero-order chi connectivity index (χ0) is 16.8. The summed E-state index contributed by atoms with van der Waals surface area (Å²) in [5.41, 5.74) is 3.12. The van der Waals surface area contributed by atoms with Gasteiger partial charge in [-0.3, -0.25) is 0 Å². The summed E-state index contributed by atoms with van der Waals surface area (Å²) in [4.78, 5) is 4.09. The van der Waals surface area contributed by atoms with Crippen molar-refractivity contribution in [1.82, 2.24) is 9.55 Å². The van der Waals surface area contributed by atoms with Crippen LogP contribution >= 0.6 is 11.6 Å². The van der Waals surface area contributed by atoms with Gasteiger partial charge < -0.3 is 9.30 Å². The van der Waals surface area contributed by atoms with Crippen LogP contribution in [0.4, 0.5) is 0 Å². The van der Waals surface area contributed by atoms with Crippen molar-refractivity contribution in [2.24, 2.45) is 0 Å². The van der Waals surface area contributed by atoms with Gasteiger partial charge in [-0.2, -0.15) is 0 Å². The molecule has 3 nitrogen and oxygen atoms in total. The summed E-state index contributed by atoms with van der Waals surface area (Å²) < 4.78 is 7.89. The van der Waals surface area contributed by atoms with Gasteiger partial charge in [-0.1, -0.05) is 42.8 Å². The summed E-state index contributed by atoms with van der Waals surface area (Å²) in [5.74, 6) is 0.862. The summed E-state index contributed by atoms with van der Waals surface area (Å²) in [7, 11) is 0. The molecular formula is C20H19ClN2O. The van der Waals surface area contributed by atoms with Gasteiger partial charge in [0.2, 0.25) is 0 Å². The topological polar surface area (TPSA) is 27.1 Å². The van der Waals surface area contributed by atoms with Crippen molar-refractivity contribution < 1.29 is 4.74 Å². The highest BCUT2D eigenvalue weighted by Gasteiger charge is 2.05. The third kappa shape index (κ3) is 4.06. The van der Waals surface area contributed by atoms with E-state index in [-0.39, 0.29) is 0 Å². The first kappa shape index (κ1) is 16.3. The molecule has 4 heteroatoms. The lowest BCUT2D eigenvalue weighted by Gasteiger charge is -2.11. The second-order valence-corrected chi connectivity index (χ2v) is 5.87. The molecule has 0 bridgehead atoms. The number of rotatable bonds is 6. The lowest BCUT2D eigenvalue weighted by atomic mass is 10.1. The predicted octanol–water partition coefficient (Wildman–Crippen LogP) is 5.48. The van der Waals surface area contributed by atoms with Gasteiger partial charge in [-0.25, -0.2) is 4.98 Å². The van der Waals surface area contributed by atoms with Crippen LogP contribution in [-0.4, -0.2) is 16.2 Å². The van der Waals surface area contributed by atoms with E-state index >= 15 is 0 Å². The first-order valence-corrected chi connectivity index (χ1v) is 8.33. The quantitative estimate of drug-likeness (QED) is 0.556. The fourth-order valence-corrected chi connectivity index (χ4v) is 2.57. The monoisotopic (exact) mass is 338 g/mol. The molecule has 1 heterocycles. The number of hydrogen-bond acceptors (Lipinski definition) is 2. The van der Waals surface area contributed by atoms with E-state index in [1.54, 1.807) is 12.5 Å². The molecular weight excluding hydrogens is 320 g/mol. The van der Waals surface area contributed by atoms with Gasteiger partial charge in [-0.05, 0) is 36.2 Å². The zero-order valence-electron chi connectivity index (χ0n) is 13.5. The van der Waals surface area contributed by atoms with Crippen LogP contribution in [0.1, 0.15) is 24.5 Å². The van der Waals surface area contributed by atoms with Crippen LogP contribution < -0.4 is 4.74 Å². The summed E-state index contributed by atoms with van der Waals surface area (Å²) in [6.45, 7) is 2.78. The van der Waals surface area contributed by atoms with E-state index in [1.165, 1.54) is 0 Å². The zero-order valence-corrected chi connectivity index (χ0v) is 14.3. The Morgan fingerprint density at radius 1 is 1.17 bits per heavy atom. The average molecular weight is 339 g/mol. The van der Waals surface area contributed by atoms with Crippen molar-refractivity contribution >= 4 is 23.8 Å². The highest BCUT2D eigenvalue weighted by molar-refractivity contribution is 6.30. The molecule has 0 radical (unpaired) electrons. The molecule has 0 fully saturated rings. The Bertz CT molecular complexity index is 825. The third-order valence-electron chi connectivity index (χ3n) is 3.57. The van der Waals surface area contributed by atoms with Gasteiger partial charge >= 0.3 is 0 Å². The number of hydrogen-bond donors (Lipinski definition) is 0. The molecule has 0 unspecified atom stereocenters. The fraction of sp³-hybridized carbons (Fsp3) is 0.150. The molecule has 24 heavy (non-hydrogen) atoms. The van der Waals surface area contributed by atoms with E-state index in [0.717, 1.165) is 34.0 Å². The average Bonchev–Trinajstić information content (AvgIpc) is 3.13. The highest BCUT2D eigenvalue weighted by Crippen LogP contribution is 2.25. The Morgan fingerprint density at radius 2 is 2.08 bits per heavy atom. The Morgan fingerprint density at radius 3 is 2.83 bits per heavy atom. The van der Waals surface area contributed by atoms with E-state index in [2.05, 4.69) is 24.0 Å². The molecule has 0 amide bonds. The standard InChI is InChI=1S/C20H19ClN2O/c1-2-12-24-20-14-19(23-11-10-22-15-23)9-8-17(20)7-6-16-4-3-5-18(21)13-16/h3-11,13-15H,2,12H2,1H3. The molecule has 0 aliphatic heterocycles. The third-order valence-corrected chi connectivity index (χ3v) is 3.80. The number of imidazole rings is 1. The fourth-order valence-electron chi connectivity index (χ4n) is 2.37. The second kappa shape index (κ2) is 7.84. The van der Waals surface area contributed by atoms with Crippen LogP contribution in [-0.2, 0) is 0 Å². The van der Waals surface area contributed by atoms with Gasteiger partial charge in [0.25, 0.3) is 0 Å². The van der Waals surface area contributed by atoms with Gasteiger partial charge in [0, 0.05) is 29.0 Å². The first-order chi connectivity index (χ1) is 11.8. The molecule has 0 saturated heterocycles. The molecule has 122 valence electrons. The normalized spacial score (nSPS) is 11.1. The molecule has 2 aromatic carbocycles. The van der Waals surface area contributed by atoms with Gasteiger partial charge in [0.15, 0.2) is 0 Å². The number of benzene rings is 2. The van der Waals surface area contributed by atoms with E-state index < -0.39 is 0 Å². The molecule has 1 aromatic heterocycles. The molecule has 0 spiro atoms. The lowest BCUT2D eigenvalue weighted by molar-refractivity contribution is 0.316. The van der Waals surface area contributed by atoms with Gasteiger partial charge in [0.1, 0.15) is 5.75 Å². The highest BCUT2D eigenvalue weighted by atomic mass is 35.5. The SMILES string of the molecule is CCCOc1cc(-n2ccnc2)ccc1C=Cc1cccc(Cl)c1. The van der Waals surface area contributed by atoms with Crippen LogP contribution in [0.3, 0.4) is 0 Å². The second-order valence-electron chi connectivity index (χ2n) is 5.43. The van der Waals surface area contributed by atoms with E-state index in [4.69, 9.17) is 16.3 Å². The molecule has 0 saturated carbocycles. The van der Waals surface area contributed by atoms with Crippen LogP contribution in [0.5, 0.6) is 5.75 Å². The van der Waals surface area contributed by atoms with E-state index in [1.807, 2.05) is 53.2 Å². The van der Waals surface area contributed by atoms with Crippen LogP contribution in [0, 0.1) is 0 Å². The van der Waals surface area contributed by atoms with Crippen molar-refractivity contribution in [3.05, 3.63) is 77.3 Å². The number of halogens is 1. The maximum absolute atomic E-state index is 6.04. The molecule has 0 N–H and O–H groups in total. The van der Waals surface area contributed by atoms with E-state index in [0.29, 0.717) is 6.61 Å². The maximum Gasteiger partial charge on any atom is 0.128 e. The minimum absolute atomic E-state index is 0.686. The Hall–Kier alpha value is -2.52. The maximum atomic E-state index is 6.04. The van der Waals surface area contributed by atoms with E-state index in [9.17, 15) is 0 Å². The Kier molecular flexibility index (Phi) is 5.34. The summed E-state index contributed by atoms with van der Waals surface area (Å²) in [6.07, 6.45) is 10.5. The smallest absolute Gasteiger partial charge is 0.128 e.